The number of hydrogen-bond donors (Lipinski definition) is 1. The minimum atomic E-state index is -2.81. The van der Waals surface area contributed by atoms with E-state index in [-0.39, 0.29) is 29.8 Å². The number of para-hydroxylation sites is 2. The highest BCUT2D eigenvalue weighted by Gasteiger charge is 2.39. The molecule has 6 rings (SSSR count). The topological polar surface area (TPSA) is 138 Å². The second-order valence-corrected chi connectivity index (χ2v) is 10.4. The van der Waals surface area contributed by atoms with Crippen molar-refractivity contribution in [3.63, 3.8) is 0 Å². The Kier molecular flexibility index (Phi) is 7.56. The molecule has 1 saturated carbocycles. The number of primary amides is 1. The highest BCUT2D eigenvalue weighted by atomic mass is 19.3. The number of benzene rings is 1. The molecule has 1 aromatic carbocycles. The second kappa shape index (κ2) is 11.4. The van der Waals surface area contributed by atoms with Gasteiger partial charge in [-0.05, 0) is 37.8 Å². The molecule has 218 valence electrons. The van der Waals surface area contributed by atoms with Crippen molar-refractivity contribution in [1.82, 2.24) is 24.4 Å². The Bertz CT molecular complexity index is 1420. The number of anilines is 1. The zero-order chi connectivity index (χ0) is 28.5. The van der Waals surface area contributed by atoms with Crippen LogP contribution in [0.3, 0.4) is 0 Å². The third kappa shape index (κ3) is 5.60. The molecule has 0 radical (unpaired) electrons. The molecule has 2 aromatic heterocycles. The molecule has 14 heteroatoms. The number of nitrogens with zero attached hydrogens (tertiary/aromatic N) is 6. The number of halogens is 2. The van der Waals surface area contributed by atoms with Gasteiger partial charge in [-0.1, -0.05) is 12.1 Å². The zero-order valence-corrected chi connectivity index (χ0v) is 22.3. The Hall–Kier alpha value is -4.07. The van der Waals surface area contributed by atoms with E-state index in [0.717, 1.165) is 0 Å². The predicted octanol–water partition coefficient (Wildman–Crippen LogP) is 2.98. The number of ether oxygens (including phenoxy) is 3. The van der Waals surface area contributed by atoms with Crippen molar-refractivity contribution in [2.45, 2.75) is 56.8 Å². The van der Waals surface area contributed by atoms with E-state index in [1.807, 2.05) is 4.90 Å². The van der Waals surface area contributed by atoms with Gasteiger partial charge < -0.3 is 29.7 Å². The summed E-state index contributed by atoms with van der Waals surface area (Å²) in [5.41, 5.74) is 6.04. The molecule has 3 aliphatic rings. The molecule has 1 atom stereocenters. The SMILES string of the molecule is NC(=O)O[C@@H]1CCN(C2CCC(Oc3cc(-n4c(C(F)F)nc5ccccc54)nc(N4CCOCC4)n3)CC2)C1=O. The van der Waals surface area contributed by atoms with Crippen LogP contribution in [0.5, 0.6) is 5.88 Å². The number of imidazole rings is 1. The monoisotopic (exact) mass is 571 g/mol. The van der Waals surface area contributed by atoms with E-state index in [1.54, 1.807) is 35.2 Å². The van der Waals surface area contributed by atoms with Crippen molar-refractivity contribution in [2.75, 3.05) is 37.7 Å². The summed E-state index contributed by atoms with van der Waals surface area (Å²) in [6, 6.07) is 8.52. The molecular weight excluding hydrogens is 540 g/mol. The molecule has 4 heterocycles. The smallest absolute Gasteiger partial charge is 0.405 e. The molecule has 41 heavy (non-hydrogen) atoms. The van der Waals surface area contributed by atoms with Crippen LogP contribution in [0.4, 0.5) is 19.5 Å². The first-order chi connectivity index (χ1) is 19.9. The number of fused-ring (bicyclic) bond motifs is 1. The summed E-state index contributed by atoms with van der Waals surface area (Å²) in [5, 5.41) is 0. The molecule has 2 aliphatic heterocycles. The van der Waals surface area contributed by atoms with Crippen molar-refractivity contribution in [3.05, 3.63) is 36.2 Å². The number of amides is 2. The number of carbonyl (C=O) groups excluding carboxylic acids is 2. The molecule has 0 bridgehead atoms. The summed E-state index contributed by atoms with van der Waals surface area (Å²) in [6.07, 6.45) is -1.61. The van der Waals surface area contributed by atoms with Crippen molar-refractivity contribution in [3.8, 4) is 11.7 Å². The fraction of sp³-hybridized carbons (Fsp3) is 0.519. The molecule has 0 unspecified atom stereocenters. The summed E-state index contributed by atoms with van der Waals surface area (Å²) in [5.74, 6) is 0.280. The van der Waals surface area contributed by atoms with Gasteiger partial charge >= 0.3 is 6.09 Å². The number of alkyl halides is 2. The molecule has 3 aromatic rings. The Morgan fingerprint density at radius 2 is 1.78 bits per heavy atom. The number of hydrogen-bond acceptors (Lipinski definition) is 9. The van der Waals surface area contributed by atoms with Crippen LogP contribution in [-0.2, 0) is 14.3 Å². The van der Waals surface area contributed by atoms with Gasteiger partial charge in [0.2, 0.25) is 11.8 Å². The number of nitrogens with two attached hydrogens (primary N) is 1. The van der Waals surface area contributed by atoms with Crippen LogP contribution < -0.4 is 15.4 Å². The van der Waals surface area contributed by atoms with Crippen LogP contribution in [0.15, 0.2) is 30.3 Å². The van der Waals surface area contributed by atoms with E-state index >= 15 is 0 Å². The lowest BCUT2D eigenvalue weighted by Gasteiger charge is -2.34. The lowest BCUT2D eigenvalue weighted by molar-refractivity contribution is -0.137. The van der Waals surface area contributed by atoms with Gasteiger partial charge in [-0.15, -0.1) is 0 Å². The number of morpholine rings is 1. The second-order valence-electron chi connectivity index (χ2n) is 10.4. The van der Waals surface area contributed by atoms with E-state index in [0.29, 0.717) is 81.9 Å². The fourth-order valence-electron chi connectivity index (χ4n) is 5.85. The van der Waals surface area contributed by atoms with Crippen LogP contribution in [0.25, 0.3) is 16.9 Å². The Labute approximate surface area is 234 Å². The highest BCUT2D eigenvalue weighted by Crippen LogP contribution is 2.32. The van der Waals surface area contributed by atoms with Gasteiger partial charge in [0.05, 0.1) is 24.2 Å². The minimum Gasteiger partial charge on any atom is -0.474 e. The highest BCUT2D eigenvalue weighted by molar-refractivity contribution is 5.85. The first kappa shape index (κ1) is 27.1. The van der Waals surface area contributed by atoms with Crippen LogP contribution in [-0.4, -0.2) is 87.5 Å². The lowest BCUT2D eigenvalue weighted by Crippen LogP contribution is -2.43. The molecular formula is C27H31F2N7O5. The number of aromatic nitrogens is 4. The first-order valence-corrected chi connectivity index (χ1v) is 13.8. The number of carbonyl (C=O) groups is 2. The third-order valence-corrected chi connectivity index (χ3v) is 7.80. The fourth-order valence-corrected chi connectivity index (χ4v) is 5.85. The van der Waals surface area contributed by atoms with Crippen LogP contribution in [0.2, 0.25) is 0 Å². The van der Waals surface area contributed by atoms with Crippen molar-refractivity contribution in [2.24, 2.45) is 5.73 Å². The van der Waals surface area contributed by atoms with E-state index in [4.69, 9.17) is 19.9 Å². The Balaban J connectivity index is 1.24. The van der Waals surface area contributed by atoms with Crippen LogP contribution in [0, 0.1) is 0 Å². The maximum absolute atomic E-state index is 14.1. The minimum absolute atomic E-state index is 0.0135. The zero-order valence-electron chi connectivity index (χ0n) is 22.3. The average molecular weight is 572 g/mol. The standard InChI is InChI=1S/C27H31F2N7O5/c28-23(29)24-31-18-3-1-2-4-19(18)36(24)21-15-22(33-27(32-21)34-11-13-39-14-12-34)40-17-7-5-16(6-8-17)35-10-9-20(25(35)37)41-26(30)38/h1-4,15-17,20,23H,5-14H2,(H2,30,38)/t16?,17?,20-/m1/s1. The van der Waals surface area contributed by atoms with Crippen molar-refractivity contribution < 1.29 is 32.6 Å². The summed E-state index contributed by atoms with van der Waals surface area (Å²) in [6.45, 7) is 2.64. The molecule has 12 nitrogen and oxygen atoms in total. The number of rotatable bonds is 7. The molecule has 2 amide bonds. The van der Waals surface area contributed by atoms with Crippen molar-refractivity contribution in [1.29, 1.82) is 0 Å². The molecule has 3 fully saturated rings. The van der Waals surface area contributed by atoms with Gasteiger partial charge in [0, 0.05) is 38.2 Å². The molecule has 2 N–H and O–H groups in total. The molecule has 0 spiro atoms. The maximum atomic E-state index is 14.1. The Morgan fingerprint density at radius 1 is 1.02 bits per heavy atom. The van der Waals surface area contributed by atoms with Gasteiger partial charge in [-0.25, -0.2) is 18.6 Å². The van der Waals surface area contributed by atoms with E-state index in [9.17, 15) is 18.4 Å². The maximum Gasteiger partial charge on any atom is 0.405 e. The summed E-state index contributed by atoms with van der Waals surface area (Å²) in [4.78, 5) is 41.0. The van der Waals surface area contributed by atoms with Gasteiger partial charge in [0.1, 0.15) is 11.9 Å². The Morgan fingerprint density at radius 3 is 2.51 bits per heavy atom. The van der Waals surface area contributed by atoms with Gasteiger partial charge in [-0.3, -0.25) is 9.36 Å². The van der Waals surface area contributed by atoms with Crippen molar-refractivity contribution >= 4 is 29.0 Å². The lowest BCUT2D eigenvalue weighted by atomic mass is 9.92. The van der Waals surface area contributed by atoms with Gasteiger partial charge in [0.15, 0.2) is 11.9 Å². The molecule has 1 aliphatic carbocycles. The summed E-state index contributed by atoms with van der Waals surface area (Å²) < 4.78 is 46.3. The normalized spacial score (nSPS) is 23.4. The van der Waals surface area contributed by atoms with Gasteiger partial charge in [0.25, 0.3) is 12.3 Å². The molecule has 2 saturated heterocycles. The van der Waals surface area contributed by atoms with E-state index < -0.39 is 24.4 Å². The van der Waals surface area contributed by atoms with Crippen LogP contribution >= 0.6 is 0 Å². The third-order valence-electron chi connectivity index (χ3n) is 7.80. The predicted molar refractivity (Wildman–Crippen MR) is 142 cm³/mol. The van der Waals surface area contributed by atoms with Gasteiger partial charge in [-0.2, -0.15) is 9.97 Å². The first-order valence-electron chi connectivity index (χ1n) is 13.8. The number of likely N-dealkylation sites (tertiary alicyclic amines) is 1. The average Bonchev–Trinajstić information content (AvgIpc) is 3.54. The quantitative estimate of drug-likeness (QED) is 0.454. The largest absolute Gasteiger partial charge is 0.474 e. The summed E-state index contributed by atoms with van der Waals surface area (Å²) in [7, 11) is 0. The van der Waals surface area contributed by atoms with E-state index in [1.165, 1.54) is 4.57 Å². The van der Waals surface area contributed by atoms with Crippen LogP contribution in [0.1, 0.15) is 44.4 Å². The summed E-state index contributed by atoms with van der Waals surface area (Å²) >= 11 is 0. The van der Waals surface area contributed by atoms with E-state index in [2.05, 4.69) is 15.0 Å².